The highest BCUT2D eigenvalue weighted by atomic mass is 19.1. The van der Waals surface area contributed by atoms with Crippen molar-refractivity contribution in [3.8, 4) is 11.5 Å². The van der Waals surface area contributed by atoms with E-state index in [9.17, 15) is 8.78 Å². The van der Waals surface area contributed by atoms with Gasteiger partial charge in [0.25, 0.3) is 0 Å². The van der Waals surface area contributed by atoms with Gasteiger partial charge in [0, 0.05) is 0 Å². The zero-order valence-electron chi connectivity index (χ0n) is 23.5. The van der Waals surface area contributed by atoms with Crippen LogP contribution >= 0.6 is 0 Å². The van der Waals surface area contributed by atoms with Crippen LogP contribution in [0, 0.1) is 23.5 Å². The molecule has 0 unspecified atom stereocenters. The van der Waals surface area contributed by atoms with Gasteiger partial charge in [-0.2, -0.15) is 0 Å². The first-order chi connectivity index (χ1) is 16.6. The fourth-order valence-electron chi connectivity index (χ4n) is 3.53. The monoisotopic (exact) mass is 490 g/mol. The highest BCUT2D eigenvalue weighted by molar-refractivity contribution is 5.34. The van der Waals surface area contributed by atoms with Crippen molar-refractivity contribution in [3.05, 3.63) is 59.2 Å². The minimum absolute atomic E-state index is 0.0224. The van der Waals surface area contributed by atoms with Crippen molar-refractivity contribution < 1.29 is 18.3 Å². The molecule has 0 spiro atoms. The Morgan fingerprint density at radius 2 is 1.46 bits per heavy atom. The van der Waals surface area contributed by atoms with E-state index < -0.39 is 0 Å². The summed E-state index contributed by atoms with van der Waals surface area (Å²) in [5, 5.41) is 0. The fourth-order valence-corrected chi connectivity index (χ4v) is 3.53. The lowest BCUT2D eigenvalue weighted by molar-refractivity contribution is 0.189. The third-order valence-corrected chi connectivity index (χ3v) is 6.43. The zero-order valence-corrected chi connectivity index (χ0v) is 23.5. The second kappa shape index (κ2) is 15.1. The van der Waals surface area contributed by atoms with Crippen LogP contribution < -0.4 is 9.47 Å². The van der Waals surface area contributed by atoms with Crippen molar-refractivity contribution in [1.29, 1.82) is 0 Å². The van der Waals surface area contributed by atoms with Gasteiger partial charge in [-0.1, -0.05) is 80.4 Å². The predicted molar refractivity (Wildman–Crippen MR) is 145 cm³/mol. The molecule has 4 heteroatoms. The second-order valence-electron chi connectivity index (χ2n) is 10.2. The third-order valence-electron chi connectivity index (χ3n) is 6.43. The summed E-state index contributed by atoms with van der Waals surface area (Å²) >= 11 is 0. The number of hydrogen-bond donors (Lipinski definition) is 0. The van der Waals surface area contributed by atoms with Gasteiger partial charge in [-0.3, -0.25) is 0 Å². The number of aryl methyl sites for hydroxylation is 1. The summed E-state index contributed by atoms with van der Waals surface area (Å²) in [7, 11) is 0. The molecule has 1 aliphatic carbocycles. The van der Waals surface area contributed by atoms with Gasteiger partial charge in [-0.05, 0) is 78.8 Å². The van der Waals surface area contributed by atoms with Crippen LogP contribution in [0.5, 0.6) is 11.5 Å². The molecule has 0 bridgehead atoms. The Balaban J connectivity index is 0.000000328. The Bertz CT molecular complexity index is 865. The Morgan fingerprint density at radius 3 is 1.97 bits per heavy atom. The molecule has 0 aliphatic heterocycles. The average Bonchev–Trinajstić information content (AvgIpc) is 3.69. The maximum Gasteiger partial charge on any atom is 0.165 e. The maximum atomic E-state index is 13.7. The van der Waals surface area contributed by atoms with Gasteiger partial charge in [0.05, 0.1) is 12.7 Å². The van der Waals surface area contributed by atoms with Crippen molar-refractivity contribution in [2.75, 3.05) is 6.61 Å². The third kappa shape index (κ3) is 10.6. The van der Waals surface area contributed by atoms with Crippen LogP contribution in [0.15, 0.2) is 36.4 Å². The van der Waals surface area contributed by atoms with E-state index >= 15 is 0 Å². The molecule has 1 atom stereocenters. The Hall–Kier alpha value is -2.10. The van der Waals surface area contributed by atoms with Gasteiger partial charge in [0.15, 0.2) is 23.1 Å². The fraction of sp³-hybridized carbons (Fsp3) is 0.613. The van der Waals surface area contributed by atoms with E-state index in [2.05, 4.69) is 41.5 Å². The molecule has 1 fully saturated rings. The molecule has 2 aromatic rings. The SMILES string of the molecule is CC.CCc1ccc(F)c(OCC(CC)CC)c1.C[C@@H](Oc1cc(C(C)(C)C)ccc1F)C1CC1. The Kier molecular flexibility index (Phi) is 13.4. The van der Waals surface area contributed by atoms with E-state index in [1.165, 1.54) is 25.0 Å². The van der Waals surface area contributed by atoms with Gasteiger partial charge < -0.3 is 9.47 Å². The number of hydrogen-bond acceptors (Lipinski definition) is 2. The molecular formula is C31H48F2O2. The summed E-state index contributed by atoms with van der Waals surface area (Å²) in [6.07, 6.45) is 5.60. The predicted octanol–water partition coefficient (Wildman–Crippen LogP) is 9.53. The van der Waals surface area contributed by atoms with Crippen LogP contribution in [0.1, 0.15) is 99.1 Å². The zero-order chi connectivity index (χ0) is 26.6. The molecule has 0 amide bonds. The molecule has 0 heterocycles. The van der Waals surface area contributed by atoms with E-state index in [4.69, 9.17) is 9.47 Å². The molecule has 3 rings (SSSR count). The van der Waals surface area contributed by atoms with Gasteiger partial charge in [-0.25, -0.2) is 8.78 Å². The molecular weight excluding hydrogens is 442 g/mol. The summed E-state index contributed by atoms with van der Waals surface area (Å²) in [6.45, 7) is 19.3. The molecule has 1 saturated carbocycles. The van der Waals surface area contributed by atoms with Crippen molar-refractivity contribution in [3.63, 3.8) is 0 Å². The summed E-state index contributed by atoms with van der Waals surface area (Å²) in [6, 6.07) is 10.3. The van der Waals surface area contributed by atoms with Crippen molar-refractivity contribution >= 4 is 0 Å². The van der Waals surface area contributed by atoms with Crippen LogP contribution in [-0.4, -0.2) is 12.7 Å². The Morgan fingerprint density at radius 1 is 0.886 bits per heavy atom. The second-order valence-corrected chi connectivity index (χ2v) is 10.2. The maximum absolute atomic E-state index is 13.7. The van der Waals surface area contributed by atoms with Crippen LogP contribution in [0.2, 0.25) is 0 Å². The molecule has 1 aliphatic rings. The van der Waals surface area contributed by atoms with Gasteiger partial charge >= 0.3 is 0 Å². The molecule has 0 N–H and O–H groups in total. The van der Waals surface area contributed by atoms with E-state index in [0.29, 0.717) is 29.9 Å². The highest BCUT2D eigenvalue weighted by Gasteiger charge is 2.30. The standard InChI is InChI=1S/C15H21FO.C14H21FO.C2H6/c1-10(11-5-6-11)17-14-9-12(15(2,3)4)7-8-13(14)16;1-4-11(5-2)10-16-14-9-12(6-3)7-8-13(14)15;1-2/h7-11H,5-6H2,1-4H3;7-9,11H,4-6,10H2,1-3H3;1-2H3/t10-;;/m1../s1. The minimum Gasteiger partial charge on any atom is -0.490 e. The first-order valence-electron chi connectivity index (χ1n) is 13.5. The summed E-state index contributed by atoms with van der Waals surface area (Å²) in [5.74, 6) is 1.41. The Labute approximate surface area is 213 Å². The number of rotatable bonds is 9. The summed E-state index contributed by atoms with van der Waals surface area (Å²) < 4.78 is 38.4. The van der Waals surface area contributed by atoms with Crippen molar-refractivity contribution in [2.24, 2.45) is 11.8 Å². The number of halogens is 2. The van der Waals surface area contributed by atoms with E-state index in [1.807, 2.05) is 32.9 Å². The number of ether oxygens (including phenoxy) is 2. The molecule has 0 aromatic heterocycles. The minimum atomic E-state index is -0.261. The molecule has 35 heavy (non-hydrogen) atoms. The van der Waals surface area contributed by atoms with Gasteiger partial charge in [0.1, 0.15) is 0 Å². The quantitative estimate of drug-likeness (QED) is 0.348. The largest absolute Gasteiger partial charge is 0.490 e. The summed E-state index contributed by atoms with van der Waals surface area (Å²) in [5.41, 5.74) is 2.24. The number of benzene rings is 2. The molecule has 0 radical (unpaired) electrons. The first kappa shape index (κ1) is 30.9. The van der Waals surface area contributed by atoms with E-state index in [-0.39, 0.29) is 23.2 Å². The average molecular weight is 491 g/mol. The van der Waals surface area contributed by atoms with E-state index in [1.54, 1.807) is 12.1 Å². The van der Waals surface area contributed by atoms with Crippen LogP contribution in [0.4, 0.5) is 8.78 Å². The molecule has 2 nitrogen and oxygen atoms in total. The highest BCUT2D eigenvalue weighted by Crippen LogP contribution is 2.36. The van der Waals surface area contributed by atoms with Crippen LogP contribution in [-0.2, 0) is 11.8 Å². The van der Waals surface area contributed by atoms with Crippen LogP contribution in [0.3, 0.4) is 0 Å². The summed E-state index contributed by atoms with van der Waals surface area (Å²) in [4.78, 5) is 0. The van der Waals surface area contributed by atoms with Crippen molar-refractivity contribution in [1.82, 2.24) is 0 Å². The smallest absolute Gasteiger partial charge is 0.165 e. The van der Waals surface area contributed by atoms with Gasteiger partial charge in [-0.15, -0.1) is 0 Å². The van der Waals surface area contributed by atoms with Crippen molar-refractivity contribution in [2.45, 2.75) is 106 Å². The lowest BCUT2D eigenvalue weighted by Gasteiger charge is -2.21. The molecule has 198 valence electrons. The van der Waals surface area contributed by atoms with E-state index in [0.717, 1.165) is 30.4 Å². The van der Waals surface area contributed by atoms with Gasteiger partial charge in [0.2, 0.25) is 0 Å². The van der Waals surface area contributed by atoms with Crippen LogP contribution in [0.25, 0.3) is 0 Å². The normalized spacial score (nSPS) is 13.8. The lowest BCUT2D eigenvalue weighted by Crippen LogP contribution is -2.16. The molecule has 0 saturated heterocycles. The topological polar surface area (TPSA) is 18.5 Å². The first-order valence-corrected chi connectivity index (χ1v) is 13.5. The lowest BCUT2D eigenvalue weighted by atomic mass is 9.87. The molecule has 2 aromatic carbocycles.